The Kier molecular flexibility index (Phi) is 4.84. The second-order valence-electron chi connectivity index (χ2n) is 5.26. The first-order valence-electron chi connectivity index (χ1n) is 6.76. The van der Waals surface area contributed by atoms with E-state index in [1.807, 2.05) is 24.3 Å². The topological polar surface area (TPSA) is 31.4 Å². The molecule has 3 nitrogen and oxygen atoms in total. The highest BCUT2D eigenvalue weighted by molar-refractivity contribution is 6.30. The normalized spacial score (nSPS) is 12.9. The van der Waals surface area contributed by atoms with Gasteiger partial charge < -0.3 is 9.47 Å². The Balaban J connectivity index is 2.24. The van der Waals surface area contributed by atoms with Gasteiger partial charge in [-0.3, -0.25) is 0 Å². The van der Waals surface area contributed by atoms with E-state index in [1.54, 1.807) is 7.11 Å². The Hall–Kier alpha value is -1.32. The molecule has 1 aromatic carbocycles. The van der Waals surface area contributed by atoms with E-state index in [9.17, 15) is 0 Å². The van der Waals surface area contributed by atoms with Crippen molar-refractivity contribution >= 4 is 22.5 Å². The minimum atomic E-state index is 0.192. The van der Waals surface area contributed by atoms with E-state index in [0.717, 1.165) is 22.2 Å². The lowest BCUT2D eigenvalue weighted by atomic mass is 10.1. The molecule has 0 radical (unpaired) electrons. The van der Waals surface area contributed by atoms with E-state index in [0.29, 0.717) is 17.7 Å². The Labute approximate surface area is 124 Å². The van der Waals surface area contributed by atoms with Crippen molar-refractivity contribution in [3.05, 3.63) is 35.0 Å². The fourth-order valence-corrected chi connectivity index (χ4v) is 2.01. The van der Waals surface area contributed by atoms with E-state index in [4.69, 9.17) is 21.1 Å². The van der Waals surface area contributed by atoms with Crippen LogP contribution in [0.1, 0.15) is 26.3 Å². The molecule has 0 aliphatic rings. The number of hydrogen-bond acceptors (Lipinski definition) is 3. The van der Waals surface area contributed by atoms with E-state index in [1.165, 1.54) is 0 Å². The maximum Gasteiger partial charge on any atom is 0.135 e. The van der Waals surface area contributed by atoms with Crippen molar-refractivity contribution in [3.63, 3.8) is 0 Å². The number of nitrogens with zero attached hydrogens (tertiary/aromatic N) is 1. The number of benzene rings is 1. The average Bonchev–Trinajstić information content (AvgIpc) is 2.43. The summed E-state index contributed by atoms with van der Waals surface area (Å²) in [6.45, 7) is 6.82. The number of ether oxygens (including phenoxy) is 2. The molecule has 0 amide bonds. The summed E-state index contributed by atoms with van der Waals surface area (Å²) in [5.74, 6) is 1.25. The van der Waals surface area contributed by atoms with Gasteiger partial charge in [0.1, 0.15) is 10.9 Å². The maximum absolute atomic E-state index is 6.23. The number of aromatic nitrogens is 1. The molecule has 0 N–H and O–H groups in total. The standard InChI is InChI=1S/C16H20ClNO2/c1-10(2)11(3)20-9-13-7-12-5-6-14(19-4)8-15(12)18-16(13)17/h5-8,10-11H,9H2,1-4H3. The zero-order valence-electron chi connectivity index (χ0n) is 12.3. The zero-order chi connectivity index (χ0) is 14.7. The molecule has 0 bridgehead atoms. The van der Waals surface area contributed by atoms with Crippen molar-refractivity contribution in [1.82, 2.24) is 4.98 Å². The molecule has 1 heterocycles. The predicted octanol–water partition coefficient (Wildman–Crippen LogP) is 4.46. The minimum absolute atomic E-state index is 0.192. The lowest BCUT2D eigenvalue weighted by molar-refractivity contribution is 0.0235. The molecule has 1 unspecified atom stereocenters. The molecule has 1 aromatic heterocycles. The molecule has 0 spiro atoms. The van der Waals surface area contributed by atoms with Crippen molar-refractivity contribution in [2.45, 2.75) is 33.5 Å². The molecule has 4 heteroatoms. The summed E-state index contributed by atoms with van der Waals surface area (Å²) in [6.07, 6.45) is 0.192. The van der Waals surface area contributed by atoms with Crippen LogP contribution in [-0.4, -0.2) is 18.2 Å². The predicted molar refractivity (Wildman–Crippen MR) is 82.4 cm³/mol. The van der Waals surface area contributed by atoms with Crippen molar-refractivity contribution < 1.29 is 9.47 Å². The molecule has 20 heavy (non-hydrogen) atoms. The van der Waals surface area contributed by atoms with Gasteiger partial charge in [-0.15, -0.1) is 0 Å². The van der Waals surface area contributed by atoms with E-state index in [2.05, 4.69) is 25.8 Å². The van der Waals surface area contributed by atoms with Crippen LogP contribution in [0.2, 0.25) is 5.15 Å². The van der Waals surface area contributed by atoms with Crippen LogP contribution in [0.5, 0.6) is 5.75 Å². The highest BCUT2D eigenvalue weighted by atomic mass is 35.5. The van der Waals surface area contributed by atoms with Crippen LogP contribution in [0.3, 0.4) is 0 Å². The van der Waals surface area contributed by atoms with Gasteiger partial charge in [0.25, 0.3) is 0 Å². The molecule has 1 atom stereocenters. The summed E-state index contributed by atoms with van der Waals surface area (Å²) in [7, 11) is 1.64. The van der Waals surface area contributed by atoms with Gasteiger partial charge >= 0.3 is 0 Å². The minimum Gasteiger partial charge on any atom is -0.497 e. The zero-order valence-corrected chi connectivity index (χ0v) is 13.1. The fourth-order valence-electron chi connectivity index (χ4n) is 1.81. The van der Waals surface area contributed by atoms with Crippen LogP contribution >= 0.6 is 11.6 Å². The van der Waals surface area contributed by atoms with Crippen molar-refractivity contribution in [2.75, 3.05) is 7.11 Å². The highest BCUT2D eigenvalue weighted by Gasteiger charge is 2.11. The van der Waals surface area contributed by atoms with Gasteiger partial charge in [-0.2, -0.15) is 0 Å². The number of fused-ring (bicyclic) bond motifs is 1. The number of pyridine rings is 1. The van der Waals surface area contributed by atoms with Crippen LogP contribution in [0.4, 0.5) is 0 Å². The smallest absolute Gasteiger partial charge is 0.135 e. The number of hydrogen-bond donors (Lipinski definition) is 0. The summed E-state index contributed by atoms with van der Waals surface area (Å²) < 4.78 is 11.0. The molecular formula is C16H20ClNO2. The first-order valence-corrected chi connectivity index (χ1v) is 7.14. The Morgan fingerprint density at radius 1 is 1.20 bits per heavy atom. The van der Waals surface area contributed by atoms with Crippen LogP contribution in [-0.2, 0) is 11.3 Å². The molecule has 0 aliphatic heterocycles. The molecule has 0 saturated heterocycles. The number of halogens is 1. The SMILES string of the molecule is COc1ccc2cc(COC(C)C(C)C)c(Cl)nc2c1. The largest absolute Gasteiger partial charge is 0.497 e. The molecule has 0 aliphatic carbocycles. The first kappa shape index (κ1) is 15.1. The van der Waals surface area contributed by atoms with Gasteiger partial charge in [0.05, 0.1) is 25.3 Å². The molecule has 2 rings (SSSR count). The van der Waals surface area contributed by atoms with Crippen LogP contribution in [0.15, 0.2) is 24.3 Å². The highest BCUT2D eigenvalue weighted by Crippen LogP contribution is 2.25. The van der Waals surface area contributed by atoms with Gasteiger partial charge in [-0.05, 0) is 31.0 Å². The third-order valence-electron chi connectivity index (χ3n) is 3.49. The van der Waals surface area contributed by atoms with Crippen LogP contribution in [0.25, 0.3) is 10.9 Å². The maximum atomic E-state index is 6.23. The Morgan fingerprint density at radius 3 is 2.60 bits per heavy atom. The molecular weight excluding hydrogens is 274 g/mol. The van der Waals surface area contributed by atoms with E-state index >= 15 is 0 Å². The van der Waals surface area contributed by atoms with E-state index in [-0.39, 0.29) is 6.10 Å². The van der Waals surface area contributed by atoms with Crippen molar-refractivity contribution in [1.29, 1.82) is 0 Å². The number of rotatable bonds is 5. The van der Waals surface area contributed by atoms with E-state index < -0.39 is 0 Å². The van der Waals surface area contributed by atoms with Gasteiger partial charge in [-0.25, -0.2) is 4.98 Å². The summed E-state index contributed by atoms with van der Waals surface area (Å²) in [5, 5.41) is 1.52. The monoisotopic (exact) mass is 293 g/mol. The summed E-state index contributed by atoms with van der Waals surface area (Å²) >= 11 is 6.23. The van der Waals surface area contributed by atoms with Gasteiger partial charge in [0.15, 0.2) is 0 Å². The quantitative estimate of drug-likeness (QED) is 0.763. The molecule has 108 valence electrons. The van der Waals surface area contributed by atoms with Gasteiger partial charge in [-0.1, -0.05) is 25.4 Å². The van der Waals surface area contributed by atoms with Gasteiger partial charge in [0, 0.05) is 17.0 Å². The van der Waals surface area contributed by atoms with Gasteiger partial charge in [0.2, 0.25) is 0 Å². The molecule has 0 saturated carbocycles. The third-order valence-corrected chi connectivity index (χ3v) is 3.82. The second kappa shape index (κ2) is 6.42. The first-order chi connectivity index (χ1) is 9.51. The summed E-state index contributed by atoms with van der Waals surface area (Å²) in [5.41, 5.74) is 1.74. The molecule has 2 aromatic rings. The van der Waals surface area contributed by atoms with Crippen molar-refractivity contribution in [3.8, 4) is 5.75 Å². The van der Waals surface area contributed by atoms with Crippen LogP contribution in [0, 0.1) is 5.92 Å². The Bertz CT molecular complexity index is 598. The lowest BCUT2D eigenvalue weighted by Crippen LogP contribution is -2.15. The Morgan fingerprint density at radius 2 is 1.95 bits per heavy atom. The lowest BCUT2D eigenvalue weighted by Gasteiger charge is -2.17. The summed E-state index contributed by atoms with van der Waals surface area (Å²) in [4.78, 5) is 4.41. The second-order valence-corrected chi connectivity index (χ2v) is 5.62. The van der Waals surface area contributed by atoms with Crippen molar-refractivity contribution in [2.24, 2.45) is 5.92 Å². The summed E-state index contributed by atoms with van der Waals surface area (Å²) in [6, 6.07) is 7.80. The van der Waals surface area contributed by atoms with Crippen LogP contribution < -0.4 is 4.74 Å². The fraction of sp³-hybridized carbons (Fsp3) is 0.438. The average molecular weight is 294 g/mol. The number of methoxy groups -OCH3 is 1. The third kappa shape index (κ3) is 3.41. The molecule has 0 fully saturated rings.